The van der Waals surface area contributed by atoms with E-state index in [0.717, 1.165) is 0 Å². The minimum absolute atomic E-state index is 0.195. The van der Waals surface area contributed by atoms with Gasteiger partial charge in [0, 0.05) is 18.3 Å². The van der Waals surface area contributed by atoms with Crippen LogP contribution in [0.5, 0.6) is 0 Å². The van der Waals surface area contributed by atoms with Gasteiger partial charge in [-0.3, -0.25) is 14.4 Å². The molecule has 1 rings (SSSR count). The molecule has 6 nitrogen and oxygen atoms in total. The van der Waals surface area contributed by atoms with Gasteiger partial charge in [-0.1, -0.05) is 19.9 Å². The molecule has 0 fully saturated rings. The number of hydrogen-bond acceptors (Lipinski definition) is 4. The number of esters is 1. The van der Waals surface area contributed by atoms with Gasteiger partial charge >= 0.3 is 5.97 Å². The second kappa shape index (κ2) is 7.28. The van der Waals surface area contributed by atoms with E-state index in [0.29, 0.717) is 11.4 Å². The summed E-state index contributed by atoms with van der Waals surface area (Å²) in [6.07, 6.45) is 0. The Bertz CT molecular complexity index is 512. The first kappa shape index (κ1) is 15.7. The van der Waals surface area contributed by atoms with Crippen LogP contribution < -0.4 is 10.6 Å². The molecule has 0 saturated carbocycles. The molecule has 0 aliphatic rings. The monoisotopic (exact) mass is 278 g/mol. The van der Waals surface area contributed by atoms with E-state index in [1.165, 1.54) is 6.92 Å². The van der Waals surface area contributed by atoms with Crippen molar-refractivity contribution in [2.24, 2.45) is 5.92 Å². The van der Waals surface area contributed by atoms with Gasteiger partial charge in [0.2, 0.25) is 5.91 Å². The Morgan fingerprint density at radius 1 is 1.15 bits per heavy atom. The third kappa shape index (κ3) is 5.51. The lowest BCUT2D eigenvalue weighted by Gasteiger charge is -2.09. The van der Waals surface area contributed by atoms with Crippen molar-refractivity contribution in [3.05, 3.63) is 24.3 Å². The zero-order valence-electron chi connectivity index (χ0n) is 11.7. The van der Waals surface area contributed by atoms with Crippen LogP contribution in [0.1, 0.15) is 20.8 Å². The van der Waals surface area contributed by atoms with Gasteiger partial charge < -0.3 is 15.4 Å². The lowest BCUT2D eigenvalue weighted by atomic mass is 10.2. The zero-order chi connectivity index (χ0) is 15.1. The SMILES string of the molecule is CC(=O)Nc1cccc(NC(=O)COC(=O)C(C)C)c1. The van der Waals surface area contributed by atoms with E-state index in [2.05, 4.69) is 10.6 Å². The molecule has 2 amide bonds. The highest BCUT2D eigenvalue weighted by Gasteiger charge is 2.11. The molecule has 2 N–H and O–H groups in total. The van der Waals surface area contributed by atoms with Crippen LogP contribution in [0.3, 0.4) is 0 Å². The Balaban J connectivity index is 2.53. The Hall–Kier alpha value is -2.37. The average molecular weight is 278 g/mol. The summed E-state index contributed by atoms with van der Waals surface area (Å²) < 4.78 is 4.81. The van der Waals surface area contributed by atoms with Crippen LogP contribution in [-0.4, -0.2) is 24.4 Å². The molecule has 6 heteroatoms. The molecule has 0 saturated heterocycles. The van der Waals surface area contributed by atoms with Crippen molar-refractivity contribution in [1.29, 1.82) is 0 Å². The Morgan fingerprint density at radius 3 is 2.30 bits per heavy atom. The smallest absolute Gasteiger partial charge is 0.308 e. The number of benzene rings is 1. The normalized spacial score (nSPS) is 10.0. The molecule has 0 bridgehead atoms. The molecule has 0 aliphatic carbocycles. The Kier molecular flexibility index (Phi) is 5.71. The number of rotatable bonds is 5. The van der Waals surface area contributed by atoms with Crippen molar-refractivity contribution in [3.8, 4) is 0 Å². The largest absolute Gasteiger partial charge is 0.455 e. The molecular formula is C14H18N2O4. The summed E-state index contributed by atoms with van der Waals surface area (Å²) in [5, 5.41) is 5.19. The molecule has 0 atom stereocenters. The van der Waals surface area contributed by atoms with E-state index >= 15 is 0 Å². The number of ether oxygens (including phenoxy) is 1. The molecule has 1 aromatic rings. The molecule has 0 radical (unpaired) electrons. The van der Waals surface area contributed by atoms with E-state index in [4.69, 9.17) is 4.74 Å². The van der Waals surface area contributed by atoms with Crippen LogP contribution in [-0.2, 0) is 19.1 Å². The van der Waals surface area contributed by atoms with Gasteiger partial charge in [-0.05, 0) is 18.2 Å². The minimum Gasteiger partial charge on any atom is -0.455 e. The van der Waals surface area contributed by atoms with Gasteiger partial charge in [-0.25, -0.2) is 0 Å². The van der Waals surface area contributed by atoms with Crippen LogP contribution in [0.15, 0.2) is 24.3 Å². The van der Waals surface area contributed by atoms with Crippen LogP contribution in [0.4, 0.5) is 11.4 Å². The summed E-state index contributed by atoms with van der Waals surface area (Å²) in [6, 6.07) is 6.69. The summed E-state index contributed by atoms with van der Waals surface area (Å²) in [4.78, 5) is 33.8. The number of nitrogens with one attached hydrogen (secondary N) is 2. The maximum absolute atomic E-state index is 11.6. The minimum atomic E-state index is -0.432. The maximum atomic E-state index is 11.6. The third-order valence-electron chi connectivity index (χ3n) is 2.28. The molecule has 0 unspecified atom stereocenters. The molecule has 1 aromatic carbocycles. The van der Waals surface area contributed by atoms with E-state index in [9.17, 15) is 14.4 Å². The van der Waals surface area contributed by atoms with Gasteiger partial charge in [-0.2, -0.15) is 0 Å². The molecule has 0 heterocycles. The number of carbonyl (C=O) groups is 3. The fraction of sp³-hybridized carbons (Fsp3) is 0.357. The summed E-state index contributed by atoms with van der Waals surface area (Å²) >= 11 is 0. The van der Waals surface area contributed by atoms with Crippen molar-refractivity contribution >= 4 is 29.2 Å². The first-order chi connectivity index (χ1) is 9.38. The number of carbonyl (C=O) groups excluding carboxylic acids is 3. The van der Waals surface area contributed by atoms with Gasteiger partial charge in [0.1, 0.15) is 0 Å². The van der Waals surface area contributed by atoms with Crippen LogP contribution in [0.25, 0.3) is 0 Å². The van der Waals surface area contributed by atoms with Crippen molar-refractivity contribution < 1.29 is 19.1 Å². The van der Waals surface area contributed by atoms with Crippen LogP contribution in [0, 0.1) is 5.92 Å². The van der Waals surface area contributed by atoms with Crippen molar-refractivity contribution in [2.45, 2.75) is 20.8 Å². The molecule has 0 aromatic heterocycles. The first-order valence-corrected chi connectivity index (χ1v) is 6.22. The Labute approximate surface area is 117 Å². The van der Waals surface area contributed by atoms with Crippen molar-refractivity contribution in [3.63, 3.8) is 0 Å². The highest BCUT2D eigenvalue weighted by Crippen LogP contribution is 2.14. The first-order valence-electron chi connectivity index (χ1n) is 6.22. The van der Waals surface area contributed by atoms with Gasteiger partial charge in [0.25, 0.3) is 5.91 Å². The van der Waals surface area contributed by atoms with E-state index in [1.807, 2.05) is 0 Å². The van der Waals surface area contributed by atoms with Gasteiger partial charge in [0.15, 0.2) is 6.61 Å². The van der Waals surface area contributed by atoms with Crippen molar-refractivity contribution in [1.82, 2.24) is 0 Å². The summed E-state index contributed by atoms with van der Waals surface area (Å²) in [5.74, 6) is -1.32. The molecule has 108 valence electrons. The number of amides is 2. The predicted octanol–water partition coefficient (Wildman–Crippen LogP) is 1.78. The zero-order valence-corrected chi connectivity index (χ0v) is 11.7. The molecule has 20 heavy (non-hydrogen) atoms. The summed E-state index contributed by atoms with van der Waals surface area (Å²) in [7, 11) is 0. The fourth-order valence-electron chi connectivity index (χ4n) is 1.38. The number of hydrogen-bond donors (Lipinski definition) is 2. The third-order valence-corrected chi connectivity index (χ3v) is 2.28. The standard InChI is InChI=1S/C14H18N2O4/c1-9(2)14(19)20-8-13(18)16-12-6-4-5-11(7-12)15-10(3)17/h4-7,9H,8H2,1-3H3,(H,15,17)(H,16,18). The highest BCUT2D eigenvalue weighted by molar-refractivity contribution is 5.94. The maximum Gasteiger partial charge on any atom is 0.308 e. The van der Waals surface area contributed by atoms with Crippen molar-refractivity contribution in [2.75, 3.05) is 17.2 Å². The summed E-state index contributed by atoms with van der Waals surface area (Å²) in [6.45, 7) is 4.45. The quantitative estimate of drug-likeness (QED) is 0.804. The number of anilines is 2. The second-order valence-corrected chi connectivity index (χ2v) is 4.57. The van der Waals surface area contributed by atoms with E-state index in [1.54, 1.807) is 38.1 Å². The predicted molar refractivity (Wildman–Crippen MR) is 75.2 cm³/mol. The molecular weight excluding hydrogens is 260 g/mol. The van der Waals surface area contributed by atoms with E-state index < -0.39 is 11.9 Å². The van der Waals surface area contributed by atoms with Crippen LogP contribution in [0.2, 0.25) is 0 Å². The molecule has 0 aliphatic heterocycles. The lowest BCUT2D eigenvalue weighted by Crippen LogP contribution is -2.22. The second-order valence-electron chi connectivity index (χ2n) is 4.57. The summed E-state index contributed by atoms with van der Waals surface area (Å²) in [5.41, 5.74) is 1.09. The van der Waals surface area contributed by atoms with Gasteiger partial charge in [-0.15, -0.1) is 0 Å². The Morgan fingerprint density at radius 2 is 1.75 bits per heavy atom. The van der Waals surface area contributed by atoms with Crippen LogP contribution >= 0.6 is 0 Å². The molecule has 0 spiro atoms. The van der Waals surface area contributed by atoms with E-state index in [-0.39, 0.29) is 18.4 Å². The topological polar surface area (TPSA) is 84.5 Å². The highest BCUT2D eigenvalue weighted by atomic mass is 16.5. The lowest BCUT2D eigenvalue weighted by molar-refractivity contribution is -0.150. The van der Waals surface area contributed by atoms with Gasteiger partial charge in [0.05, 0.1) is 5.92 Å². The average Bonchev–Trinajstić information content (AvgIpc) is 2.35. The fourth-order valence-corrected chi connectivity index (χ4v) is 1.38.